The maximum atomic E-state index is 12.6. The normalized spacial score (nSPS) is 31.0. The van der Waals surface area contributed by atoms with Crippen LogP contribution in [0.4, 0.5) is 0 Å². The second kappa shape index (κ2) is 4.99. The van der Waals surface area contributed by atoms with Crippen LogP contribution in [-0.4, -0.2) is 40.0 Å². The lowest BCUT2D eigenvalue weighted by atomic mass is 9.80. The van der Waals surface area contributed by atoms with Gasteiger partial charge in [-0.15, -0.1) is 0 Å². The van der Waals surface area contributed by atoms with Crippen molar-refractivity contribution in [2.45, 2.75) is 25.6 Å². The van der Waals surface area contributed by atoms with E-state index in [0.717, 1.165) is 5.56 Å². The van der Waals surface area contributed by atoms with Gasteiger partial charge in [0.2, 0.25) is 11.6 Å². The number of benzene rings is 1. The molecule has 1 amide bonds. The van der Waals surface area contributed by atoms with Gasteiger partial charge in [0.05, 0.1) is 18.4 Å². The molecule has 0 aromatic heterocycles. The van der Waals surface area contributed by atoms with Crippen LogP contribution in [0.25, 0.3) is 0 Å². The molecule has 0 N–H and O–H groups in total. The molecule has 1 aromatic carbocycles. The highest BCUT2D eigenvalue weighted by Crippen LogP contribution is 2.52. The van der Waals surface area contributed by atoms with Crippen molar-refractivity contribution in [3.05, 3.63) is 29.8 Å². The highest BCUT2D eigenvalue weighted by atomic mass is 32.2. The smallest absolute Gasteiger partial charge is 0.317 e. The minimum atomic E-state index is -1.06. The first-order valence-electron chi connectivity index (χ1n) is 7.54. The first-order chi connectivity index (χ1) is 11.0. The SMILES string of the molecule is CCOC(=O)[C@H]1[C@@H]2c3ccccc3O[C@]1(C)N=C1SCC(=O)N12. The van der Waals surface area contributed by atoms with Crippen LogP contribution in [0.2, 0.25) is 0 Å². The average Bonchev–Trinajstić information content (AvgIpc) is 2.86. The van der Waals surface area contributed by atoms with Crippen LogP contribution < -0.4 is 4.74 Å². The molecule has 1 saturated heterocycles. The van der Waals surface area contributed by atoms with Crippen LogP contribution in [0.3, 0.4) is 0 Å². The number of hydrogen-bond donors (Lipinski definition) is 0. The van der Waals surface area contributed by atoms with E-state index in [4.69, 9.17) is 9.47 Å². The molecular weight excluding hydrogens is 316 g/mol. The number of thioether (sulfide) groups is 1. The van der Waals surface area contributed by atoms with Gasteiger partial charge in [0, 0.05) is 5.56 Å². The molecule has 0 spiro atoms. The van der Waals surface area contributed by atoms with E-state index in [-0.39, 0.29) is 18.5 Å². The fourth-order valence-corrected chi connectivity index (χ4v) is 4.45. The Balaban J connectivity index is 1.92. The van der Waals surface area contributed by atoms with Crippen molar-refractivity contribution < 1.29 is 19.1 Å². The summed E-state index contributed by atoms with van der Waals surface area (Å²) in [4.78, 5) is 31.2. The molecule has 3 aliphatic heterocycles. The minimum Gasteiger partial charge on any atom is -0.466 e. The zero-order valence-corrected chi connectivity index (χ0v) is 13.6. The fourth-order valence-electron chi connectivity index (χ4n) is 3.46. The summed E-state index contributed by atoms with van der Waals surface area (Å²) in [6.07, 6.45) is 0. The maximum Gasteiger partial charge on any atom is 0.317 e. The molecule has 0 aliphatic carbocycles. The van der Waals surface area contributed by atoms with E-state index in [9.17, 15) is 9.59 Å². The van der Waals surface area contributed by atoms with Gasteiger partial charge in [-0.3, -0.25) is 14.5 Å². The number of ether oxygens (including phenoxy) is 2. The molecule has 2 bridgehead atoms. The van der Waals surface area contributed by atoms with Crippen molar-refractivity contribution in [2.75, 3.05) is 12.4 Å². The molecule has 1 fully saturated rings. The Hall–Kier alpha value is -2.02. The Bertz CT molecular complexity index is 735. The molecule has 0 unspecified atom stereocenters. The maximum absolute atomic E-state index is 12.6. The number of carbonyl (C=O) groups is 2. The average molecular weight is 332 g/mol. The molecule has 120 valence electrons. The van der Waals surface area contributed by atoms with Gasteiger partial charge in [0.1, 0.15) is 11.7 Å². The summed E-state index contributed by atoms with van der Waals surface area (Å²) in [6, 6.07) is 7.06. The predicted octanol–water partition coefficient (Wildman–Crippen LogP) is 1.96. The molecule has 23 heavy (non-hydrogen) atoms. The summed E-state index contributed by atoms with van der Waals surface area (Å²) in [7, 11) is 0. The number of aliphatic imine (C=N–C) groups is 1. The largest absolute Gasteiger partial charge is 0.466 e. The molecule has 7 heteroatoms. The summed E-state index contributed by atoms with van der Waals surface area (Å²) >= 11 is 1.39. The Morgan fingerprint density at radius 2 is 2.30 bits per heavy atom. The number of amides is 1. The number of amidine groups is 1. The third kappa shape index (κ3) is 1.99. The van der Waals surface area contributed by atoms with Gasteiger partial charge in [0.15, 0.2) is 5.17 Å². The van der Waals surface area contributed by atoms with Crippen molar-refractivity contribution in [3.8, 4) is 5.75 Å². The first kappa shape index (κ1) is 14.6. The quantitative estimate of drug-likeness (QED) is 0.775. The second-order valence-corrected chi connectivity index (χ2v) is 6.76. The van der Waals surface area contributed by atoms with Crippen LogP contribution >= 0.6 is 11.8 Å². The van der Waals surface area contributed by atoms with Gasteiger partial charge in [-0.05, 0) is 19.9 Å². The van der Waals surface area contributed by atoms with Crippen LogP contribution in [0.15, 0.2) is 29.3 Å². The molecule has 3 atom stereocenters. The zero-order chi connectivity index (χ0) is 16.2. The van der Waals surface area contributed by atoms with Gasteiger partial charge in [-0.1, -0.05) is 30.0 Å². The van der Waals surface area contributed by atoms with Gasteiger partial charge in [0.25, 0.3) is 0 Å². The minimum absolute atomic E-state index is 0.0354. The lowest BCUT2D eigenvalue weighted by Crippen LogP contribution is -2.59. The first-order valence-corrected chi connectivity index (χ1v) is 8.53. The summed E-state index contributed by atoms with van der Waals surface area (Å²) in [5, 5.41) is 0.623. The lowest BCUT2D eigenvalue weighted by Gasteiger charge is -2.48. The number of fused-ring (bicyclic) bond motifs is 6. The van der Waals surface area contributed by atoms with E-state index < -0.39 is 17.7 Å². The molecule has 0 saturated carbocycles. The van der Waals surface area contributed by atoms with Crippen molar-refractivity contribution in [1.82, 2.24) is 4.90 Å². The van der Waals surface area contributed by atoms with Gasteiger partial charge >= 0.3 is 5.97 Å². The van der Waals surface area contributed by atoms with Crippen molar-refractivity contribution in [3.63, 3.8) is 0 Å². The van der Waals surface area contributed by atoms with E-state index >= 15 is 0 Å². The van der Waals surface area contributed by atoms with Crippen LogP contribution in [0.1, 0.15) is 25.5 Å². The third-order valence-electron chi connectivity index (χ3n) is 4.38. The Kier molecular flexibility index (Phi) is 3.16. The van der Waals surface area contributed by atoms with Crippen molar-refractivity contribution in [1.29, 1.82) is 0 Å². The third-order valence-corrected chi connectivity index (χ3v) is 5.32. The second-order valence-electron chi connectivity index (χ2n) is 5.82. The summed E-state index contributed by atoms with van der Waals surface area (Å²) in [5.74, 6) is -0.103. The molecular formula is C16H16N2O4S. The number of nitrogens with zero attached hydrogens (tertiary/aromatic N) is 2. The van der Waals surface area contributed by atoms with E-state index in [2.05, 4.69) is 4.99 Å². The topological polar surface area (TPSA) is 68.2 Å². The van der Waals surface area contributed by atoms with Crippen LogP contribution in [0, 0.1) is 5.92 Å². The van der Waals surface area contributed by atoms with Gasteiger partial charge in [-0.2, -0.15) is 0 Å². The van der Waals surface area contributed by atoms with Crippen LogP contribution in [-0.2, 0) is 14.3 Å². The number of para-hydroxylation sites is 1. The standard InChI is InChI=1S/C16H16N2O4S/c1-3-21-14(20)12-13-9-6-4-5-7-10(9)22-16(12,2)17-15-18(13)11(19)8-23-15/h4-7,12-13H,3,8H2,1-2H3/t12-,13+,16+/m1/s1. The van der Waals surface area contributed by atoms with E-state index in [1.54, 1.807) is 18.7 Å². The summed E-state index contributed by atoms with van der Waals surface area (Å²) in [5.41, 5.74) is -0.236. The van der Waals surface area contributed by atoms with Crippen molar-refractivity contribution in [2.24, 2.45) is 10.9 Å². The Morgan fingerprint density at radius 1 is 1.52 bits per heavy atom. The van der Waals surface area contributed by atoms with Gasteiger partial charge < -0.3 is 9.47 Å². The predicted molar refractivity (Wildman–Crippen MR) is 85.1 cm³/mol. The molecule has 1 aromatic rings. The molecule has 4 rings (SSSR count). The van der Waals surface area contributed by atoms with Gasteiger partial charge in [-0.25, -0.2) is 4.99 Å². The fraction of sp³-hybridized carbons (Fsp3) is 0.438. The number of hydrogen-bond acceptors (Lipinski definition) is 6. The zero-order valence-electron chi connectivity index (χ0n) is 12.8. The molecule has 6 nitrogen and oxygen atoms in total. The van der Waals surface area contributed by atoms with E-state index in [1.807, 2.05) is 24.3 Å². The van der Waals surface area contributed by atoms with Crippen molar-refractivity contribution >= 4 is 28.8 Å². The van der Waals surface area contributed by atoms with E-state index in [0.29, 0.717) is 16.7 Å². The summed E-state index contributed by atoms with van der Waals surface area (Å²) < 4.78 is 11.3. The number of carbonyl (C=O) groups excluding carboxylic acids is 2. The number of esters is 1. The van der Waals surface area contributed by atoms with Crippen LogP contribution in [0.5, 0.6) is 5.75 Å². The monoisotopic (exact) mass is 332 g/mol. The highest BCUT2D eigenvalue weighted by Gasteiger charge is 2.60. The Morgan fingerprint density at radius 3 is 3.09 bits per heavy atom. The van der Waals surface area contributed by atoms with E-state index in [1.165, 1.54) is 11.8 Å². The summed E-state index contributed by atoms with van der Waals surface area (Å²) in [6.45, 7) is 3.82. The molecule has 0 radical (unpaired) electrons. The number of rotatable bonds is 2. The highest BCUT2D eigenvalue weighted by molar-refractivity contribution is 8.15. The molecule has 3 aliphatic rings. The lowest BCUT2D eigenvalue weighted by molar-refractivity contribution is -0.163. The molecule has 3 heterocycles. The Labute approximate surface area is 137 Å².